The summed E-state index contributed by atoms with van der Waals surface area (Å²) >= 11 is 0. The molecule has 0 aliphatic rings. The second-order valence-electron chi connectivity index (χ2n) is 1.94. The van der Waals surface area contributed by atoms with Crippen LogP contribution in [0.15, 0.2) is 12.3 Å². The van der Waals surface area contributed by atoms with Crippen molar-refractivity contribution >= 4 is 0 Å². The SMILES string of the molecule is C=C(C)NCN(C)NN. The molecule has 0 rings (SSSR count). The monoisotopic (exact) mass is 130 g/mol. The molecule has 4 nitrogen and oxygen atoms in total. The molecule has 0 fully saturated rings. The van der Waals surface area contributed by atoms with Crippen LogP contribution in [0.3, 0.4) is 0 Å². The van der Waals surface area contributed by atoms with E-state index in [1.54, 1.807) is 5.01 Å². The summed E-state index contributed by atoms with van der Waals surface area (Å²) in [5.41, 5.74) is 3.38. The first-order chi connectivity index (χ1) is 4.16. The van der Waals surface area contributed by atoms with Crippen LogP contribution >= 0.6 is 0 Å². The summed E-state index contributed by atoms with van der Waals surface area (Å²) in [7, 11) is 1.83. The maximum absolute atomic E-state index is 5.06. The van der Waals surface area contributed by atoms with Gasteiger partial charge in [0.25, 0.3) is 0 Å². The predicted molar refractivity (Wildman–Crippen MR) is 37.9 cm³/mol. The number of hydrogen-bond acceptors (Lipinski definition) is 4. The van der Waals surface area contributed by atoms with Crippen molar-refractivity contribution in [1.29, 1.82) is 0 Å². The highest BCUT2D eigenvalue weighted by Gasteiger charge is 1.89. The molecule has 0 aromatic heterocycles. The van der Waals surface area contributed by atoms with Crippen LogP contribution in [0.5, 0.6) is 0 Å². The highest BCUT2D eigenvalue weighted by molar-refractivity contribution is 4.82. The minimum atomic E-state index is 0.659. The Balaban J connectivity index is 3.16. The molecule has 0 saturated heterocycles. The Kier molecular flexibility index (Phi) is 4.04. The summed E-state index contributed by atoms with van der Waals surface area (Å²) in [6.45, 7) is 6.21. The third kappa shape index (κ3) is 5.29. The van der Waals surface area contributed by atoms with Crippen LogP contribution in [0, 0.1) is 0 Å². The van der Waals surface area contributed by atoms with Gasteiger partial charge in [0, 0.05) is 12.7 Å². The number of nitrogens with zero attached hydrogens (tertiary/aromatic N) is 1. The van der Waals surface area contributed by atoms with Crippen molar-refractivity contribution in [2.24, 2.45) is 5.84 Å². The summed E-state index contributed by atoms with van der Waals surface area (Å²) in [4.78, 5) is 0. The van der Waals surface area contributed by atoms with E-state index >= 15 is 0 Å². The van der Waals surface area contributed by atoms with E-state index in [0.29, 0.717) is 6.67 Å². The van der Waals surface area contributed by atoms with Crippen molar-refractivity contribution in [3.05, 3.63) is 12.3 Å². The molecule has 0 unspecified atom stereocenters. The Bertz CT molecular complexity index is 91.0. The highest BCUT2D eigenvalue weighted by atomic mass is 15.6. The van der Waals surface area contributed by atoms with E-state index in [0.717, 1.165) is 5.70 Å². The quantitative estimate of drug-likeness (QED) is 0.270. The molecule has 0 spiro atoms. The molecule has 0 saturated carbocycles. The minimum absolute atomic E-state index is 0.659. The van der Waals surface area contributed by atoms with Crippen molar-refractivity contribution in [3.8, 4) is 0 Å². The lowest BCUT2D eigenvalue weighted by molar-refractivity contribution is 0.228. The molecule has 0 aliphatic carbocycles. The van der Waals surface area contributed by atoms with Crippen LogP contribution in [0.2, 0.25) is 0 Å². The highest BCUT2D eigenvalue weighted by Crippen LogP contribution is 1.76. The second kappa shape index (κ2) is 4.31. The average Bonchev–Trinajstić information content (AvgIpc) is 1.83. The predicted octanol–water partition coefficient (Wildman–Crippen LogP) is -0.623. The van der Waals surface area contributed by atoms with Gasteiger partial charge >= 0.3 is 0 Å². The number of hydrazine groups is 2. The molecule has 0 aliphatic heterocycles. The van der Waals surface area contributed by atoms with Gasteiger partial charge in [-0.05, 0) is 6.92 Å². The minimum Gasteiger partial charge on any atom is -0.375 e. The van der Waals surface area contributed by atoms with Crippen LogP contribution in [0.1, 0.15) is 6.92 Å². The molecular formula is C5H14N4. The van der Waals surface area contributed by atoms with Crippen LogP contribution in [0.4, 0.5) is 0 Å². The largest absolute Gasteiger partial charge is 0.375 e. The van der Waals surface area contributed by atoms with E-state index in [-0.39, 0.29) is 0 Å². The number of nitrogens with two attached hydrogens (primary N) is 1. The Labute approximate surface area is 55.6 Å². The van der Waals surface area contributed by atoms with Crippen LogP contribution in [0.25, 0.3) is 0 Å². The molecule has 0 aromatic carbocycles. The summed E-state index contributed by atoms with van der Waals surface area (Å²) in [6.07, 6.45) is 0. The molecule has 4 N–H and O–H groups in total. The zero-order chi connectivity index (χ0) is 7.28. The van der Waals surface area contributed by atoms with Gasteiger partial charge in [0.05, 0.1) is 6.67 Å². The Morgan fingerprint density at radius 3 is 2.67 bits per heavy atom. The first kappa shape index (κ1) is 8.42. The first-order valence-electron chi connectivity index (χ1n) is 2.73. The van der Waals surface area contributed by atoms with E-state index in [9.17, 15) is 0 Å². The average molecular weight is 130 g/mol. The molecule has 0 atom stereocenters. The van der Waals surface area contributed by atoms with Gasteiger partial charge < -0.3 is 5.32 Å². The fourth-order valence-electron chi connectivity index (χ4n) is 0.299. The molecular weight excluding hydrogens is 116 g/mol. The molecule has 0 radical (unpaired) electrons. The van der Waals surface area contributed by atoms with E-state index < -0.39 is 0 Å². The van der Waals surface area contributed by atoms with Crippen molar-refractivity contribution in [1.82, 2.24) is 15.9 Å². The number of hydrogen-bond donors (Lipinski definition) is 3. The topological polar surface area (TPSA) is 53.3 Å². The van der Waals surface area contributed by atoms with E-state index in [1.807, 2.05) is 14.0 Å². The Morgan fingerprint density at radius 1 is 1.78 bits per heavy atom. The smallest absolute Gasteiger partial charge is 0.0818 e. The molecule has 0 heterocycles. The van der Waals surface area contributed by atoms with Gasteiger partial charge in [0.1, 0.15) is 0 Å². The molecule has 0 bridgehead atoms. The van der Waals surface area contributed by atoms with Crippen LogP contribution < -0.4 is 16.7 Å². The van der Waals surface area contributed by atoms with E-state index in [2.05, 4.69) is 17.4 Å². The molecule has 0 amide bonds. The normalized spacial score (nSPS) is 9.78. The van der Waals surface area contributed by atoms with E-state index in [4.69, 9.17) is 5.84 Å². The summed E-state index contributed by atoms with van der Waals surface area (Å²) in [6, 6.07) is 0. The number of allylic oxidation sites excluding steroid dienone is 1. The number of nitrogens with one attached hydrogen (secondary N) is 2. The maximum atomic E-state index is 5.06. The zero-order valence-corrected chi connectivity index (χ0v) is 5.94. The molecule has 54 valence electrons. The standard InChI is InChI=1S/C5H14N4/c1-5(2)7-4-9(3)8-6/h7-8H,1,4,6H2,2-3H3. The van der Waals surface area contributed by atoms with Crippen LogP contribution in [-0.2, 0) is 0 Å². The van der Waals surface area contributed by atoms with Crippen molar-refractivity contribution < 1.29 is 0 Å². The van der Waals surface area contributed by atoms with Gasteiger partial charge in [-0.1, -0.05) is 6.58 Å². The van der Waals surface area contributed by atoms with Crippen molar-refractivity contribution in [3.63, 3.8) is 0 Å². The Hall–Kier alpha value is -0.580. The van der Waals surface area contributed by atoms with Crippen LogP contribution in [-0.4, -0.2) is 18.7 Å². The Morgan fingerprint density at radius 2 is 2.33 bits per heavy atom. The lowest BCUT2D eigenvalue weighted by Gasteiger charge is -2.15. The summed E-state index contributed by atoms with van der Waals surface area (Å²) in [5, 5.41) is 4.69. The van der Waals surface area contributed by atoms with Crippen molar-refractivity contribution in [2.75, 3.05) is 13.7 Å². The van der Waals surface area contributed by atoms with Gasteiger partial charge in [-0.2, -0.15) is 5.53 Å². The molecule has 9 heavy (non-hydrogen) atoms. The fraction of sp³-hybridized carbons (Fsp3) is 0.600. The van der Waals surface area contributed by atoms with Gasteiger partial charge in [0.15, 0.2) is 0 Å². The van der Waals surface area contributed by atoms with Gasteiger partial charge in [-0.15, -0.1) is 0 Å². The number of rotatable bonds is 4. The second-order valence-corrected chi connectivity index (χ2v) is 1.94. The lowest BCUT2D eigenvalue weighted by atomic mass is 10.6. The summed E-state index contributed by atoms with van der Waals surface area (Å²) < 4.78 is 0. The molecule has 4 heteroatoms. The fourth-order valence-corrected chi connectivity index (χ4v) is 0.299. The van der Waals surface area contributed by atoms with Crippen molar-refractivity contribution in [2.45, 2.75) is 6.92 Å². The van der Waals surface area contributed by atoms with Gasteiger partial charge in [-0.3, -0.25) is 5.84 Å². The van der Waals surface area contributed by atoms with Gasteiger partial charge in [0.2, 0.25) is 0 Å². The third-order valence-electron chi connectivity index (χ3n) is 0.838. The summed E-state index contributed by atoms with van der Waals surface area (Å²) in [5.74, 6) is 5.06. The maximum Gasteiger partial charge on any atom is 0.0818 e. The zero-order valence-electron chi connectivity index (χ0n) is 5.94. The third-order valence-corrected chi connectivity index (χ3v) is 0.838. The lowest BCUT2D eigenvalue weighted by Crippen LogP contribution is -2.44. The van der Waals surface area contributed by atoms with Gasteiger partial charge in [-0.25, -0.2) is 5.01 Å². The first-order valence-corrected chi connectivity index (χ1v) is 2.73. The van der Waals surface area contributed by atoms with E-state index in [1.165, 1.54) is 0 Å². The molecule has 0 aromatic rings.